The van der Waals surface area contributed by atoms with Gasteiger partial charge in [0.15, 0.2) is 5.16 Å². The maximum absolute atomic E-state index is 12.9. The van der Waals surface area contributed by atoms with Crippen LogP contribution in [-0.4, -0.2) is 45.3 Å². The third-order valence-electron chi connectivity index (χ3n) is 5.07. The van der Waals surface area contributed by atoms with E-state index in [1.807, 2.05) is 34.9 Å². The van der Waals surface area contributed by atoms with Crippen LogP contribution in [-0.2, 0) is 15.1 Å². The van der Waals surface area contributed by atoms with E-state index in [1.165, 1.54) is 11.8 Å². The summed E-state index contributed by atoms with van der Waals surface area (Å²) in [6.45, 7) is 1.61. The zero-order valence-corrected chi connectivity index (χ0v) is 18.3. The van der Waals surface area contributed by atoms with Gasteiger partial charge in [-0.2, -0.15) is 5.01 Å². The average Bonchev–Trinajstić information content (AvgIpc) is 3.37. The van der Waals surface area contributed by atoms with E-state index in [0.29, 0.717) is 10.7 Å². The van der Waals surface area contributed by atoms with Gasteiger partial charge in [0.25, 0.3) is 5.91 Å². The van der Waals surface area contributed by atoms with Gasteiger partial charge in [-0.3, -0.25) is 19.6 Å². The maximum Gasteiger partial charge on any atom is 0.344 e. The average molecular weight is 452 g/mol. The van der Waals surface area contributed by atoms with Crippen LogP contribution < -0.4 is 15.5 Å². The van der Waals surface area contributed by atoms with Gasteiger partial charge in [-0.05, 0) is 36.8 Å². The summed E-state index contributed by atoms with van der Waals surface area (Å²) in [5.74, 6) is -0.350. The fourth-order valence-corrected chi connectivity index (χ4v) is 4.10. The van der Waals surface area contributed by atoms with Gasteiger partial charge in [0.05, 0.1) is 12.9 Å². The fraction of sp³-hybridized carbons (Fsp3) is 0.182. The number of hydrazine groups is 1. The summed E-state index contributed by atoms with van der Waals surface area (Å²) in [4.78, 5) is 42.1. The second kappa shape index (κ2) is 8.75. The van der Waals surface area contributed by atoms with E-state index >= 15 is 0 Å². The molecule has 0 saturated carbocycles. The van der Waals surface area contributed by atoms with Crippen LogP contribution in [0.4, 0.5) is 4.79 Å². The van der Waals surface area contributed by atoms with Gasteiger partial charge >= 0.3 is 6.03 Å². The van der Waals surface area contributed by atoms with Gasteiger partial charge < -0.3 is 10.1 Å². The van der Waals surface area contributed by atoms with Crippen LogP contribution >= 0.6 is 11.8 Å². The smallest absolute Gasteiger partial charge is 0.344 e. The number of thioether (sulfide) groups is 1. The third kappa shape index (κ3) is 4.04. The second-order valence-corrected chi connectivity index (χ2v) is 8.11. The van der Waals surface area contributed by atoms with Crippen molar-refractivity contribution in [3.63, 3.8) is 0 Å². The van der Waals surface area contributed by atoms with Crippen LogP contribution in [0.25, 0.3) is 5.69 Å². The van der Waals surface area contributed by atoms with E-state index in [-0.39, 0.29) is 5.75 Å². The van der Waals surface area contributed by atoms with Gasteiger partial charge in [0.1, 0.15) is 11.3 Å². The van der Waals surface area contributed by atoms with Crippen molar-refractivity contribution in [3.05, 3.63) is 72.6 Å². The molecular formula is C22H21N5O4S. The first-order chi connectivity index (χ1) is 15.4. The number of nitrogens with zero attached hydrogens (tertiary/aromatic N) is 3. The van der Waals surface area contributed by atoms with Crippen molar-refractivity contribution in [2.45, 2.75) is 17.6 Å². The lowest BCUT2D eigenvalue weighted by Gasteiger charge is -2.22. The lowest BCUT2D eigenvalue weighted by atomic mass is 9.92. The van der Waals surface area contributed by atoms with Crippen molar-refractivity contribution in [2.24, 2.45) is 0 Å². The van der Waals surface area contributed by atoms with Gasteiger partial charge in [-0.15, -0.1) is 0 Å². The highest BCUT2D eigenvalue weighted by atomic mass is 32.2. The zero-order chi connectivity index (χ0) is 22.7. The molecule has 32 heavy (non-hydrogen) atoms. The Balaban J connectivity index is 1.40. The summed E-state index contributed by atoms with van der Waals surface area (Å²) in [6.07, 6.45) is 3.41. The number of carbonyl (C=O) groups is 3. The monoisotopic (exact) mass is 451 g/mol. The van der Waals surface area contributed by atoms with Crippen LogP contribution in [0.5, 0.6) is 5.75 Å². The van der Waals surface area contributed by atoms with Crippen molar-refractivity contribution in [2.75, 3.05) is 12.9 Å². The van der Waals surface area contributed by atoms with Gasteiger partial charge in [0, 0.05) is 18.1 Å². The van der Waals surface area contributed by atoms with E-state index in [1.54, 1.807) is 50.7 Å². The summed E-state index contributed by atoms with van der Waals surface area (Å²) in [5, 5.41) is 3.97. The number of methoxy groups -OCH3 is 1. The number of imide groups is 1. The molecule has 1 atom stereocenters. The Morgan fingerprint density at radius 2 is 1.88 bits per heavy atom. The number of aromatic nitrogens is 2. The molecule has 1 fully saturated rings. The molecule has 0 spiro atoms. The lowest BCUT2D eigenvalue weighted by Crippen LogP contribution is -2.48. The molecule has 3 aromatic rings. The van der Waals surface area contributed by atoms with Crippen molar-refractivity contribution in [3.8, 4) is 11.4 Å². The largest absolute Gasteiger partial charge is 0.497 e. The molecule has 1 aromatic heterocycles. The Morgan fingerprint density at radius 1 is 1.16 bits per heavy atom. The Bertz CT molecular complexity index is 1150. The predicted molar refractivity (Wildman–Crippen MR) is 118 cm³/mol. The van der Waals surface area contributed by atoms with Crippen molar-refractivity contribution in [1.29, 1.82) is 0 Å². The molecule has 0 aliphatic carbocycles. The number of rotatable bonds is 7. The molecule has 4 rings (SSSR count). The number of imidazole rings is 1. The highest BCUT2D eigenvalue weighted by Gasteiger charge is 2.49. The minimum absolute atomic E-state index is 0.0354. The topological polar surface area (TPSA) is 106 Å². The van der Waals surface area contributed by atoms with Crippen molar-refractivity contribution >= 4 is 29.6 Å². The van der Waals surface area contributed by atoms with Crippen LogP contribution in [0.3, 0.4) is 0 Å². The molecule has 10 heteroatoms. The van der Waals surface area contributed by atoms with Crippen molar-refractivity contribution < 1.29 is 19.1 Å². The molecular weight excluding hydrogens is 430 g/mol. The van der Waals surface area contributed by atoms with Crippen LogP contribution in [0.2, 0.25) is 0 Å². The minimum atomic E-state index is -1.25. The van der Waals surface area contributed by atoms with E-state index in [4.69, 9.17) is 4.74 Å². The van der Waals surface area contributed by atoms with Crippen LogP contribution in [0, 0.1) is 0 Å². The molecule has 2 heterocycles. The molecule has 1 saturated heterocycles. The van der Waals surface area contributed by atoms with Crippen molar-refractivity contribution in [1.82, 2.24) is 25.3 Å². The first-order valence-corrected chi connectivity index (χ1v) is 10.7. The summed E-state index contributed by atoms with van der Waals surface area (Å²) < 4.78 is 7.00. The van der Waals surface area contributed by atoms with Crippen LogP contribution in [0.1, 0.15) is 12.5 Å². The first-order valence-electron chi connectivity index (χ1n) is 9.74. The number of hydrogen-bond acceptors (Lipinski definition) is 6. The number of urea groups is 1. The van der Waals surface area contributed by atoms with Crippen LogP contribution in [0.15, 0.2) is 72.1 Å². The number of hydrogen-bond donors (Lipinski definition) is 2. The zero-order valence-electron chi connectivity index (χ0n) is 17.4. The first kappa shape index (κ1) is 21.4. The number of ether oxygens (including phenoxy) is 1. The molecule has 1 aliphatic heterocycles. The highest BCUT2D eigenvalue weighted by Crippen LogP contribution is 2.28. The fourth-order valence-electron chi connectivity index (χ4n) is 3.33. The summed E-state index contributed by atoms with van der Waals surface area (Å²) in [5.41, 5.74) is 2.64. The third-order valence-corrected chi connectivity index (χ3v) is 6.04. The quantitative estimate of drug-likeness (QED) is 0.422. The minimum Gasteiger partial charge on any atom is -0.497 e. The molecule has 0 bridgehead atoms. The molecule has 1 unspecified atom stereocenters. The highest BCUT2D eigenvalue weighted by molar-refractivity contribution is 7.99. The number of benzene rings is 2. The number of carbonyl (C=O) groups excluding carboxylic acids is 3. The Kier molecular flexibility index (Phi) is 5.87. The van der Waals surface area contributed by atoms with Gasteiger partial charge in [0.2, 0.25) is 5.91 Å². The Morgan fingerprint density at radius 3 is 2.56 bits per heavy atom. The van der Waals surface area contributed by atoms with Gasteiger partial charge in [-0.25, -0.2) is 9.78 Å². The number of amides is 4. The normalized spacial score (nSPS) is 17.9. The number of nitrogens with one attached hydrogen (secondary N) is 2. The van der Waals surface area contributed by atoms with E-state index < -0.39 is 23.4 Å². The van der Waals surface area contributed by atoms with Gasteiger partial charge in [-0.1, -0.05) is 42.1 Å². The lowest BCUT2D eigenvalue weighted by molar-refractivity contribution is -0.138. The standard InChI is InChI=1S/C22H21N5O4S/c1-22(15-6-4-3-5-7-15)19(29)27(20(30)24-22)25-18(28)14-32-21-23-12-13-26(21)16-8-10-17(31-2)11-9-16/h3-13H,14H2,1-2H3,(H,24,30)(H,25,28). The summed E-state index contributed by atoms with van der Waals surface area (Å²) in [6, 6.07) is 15.6. The van der Waals surface area contributed by atoms with E-state index in [0.717, 1.165) is 16.4 Å². The second-order valence-electron chi connectivity index (χ2n) is 7.16. The molecule has 1 aliphatic rings. The van der Waals surface area contributed by atoms with E-state index in [2.05, 4.69) is 15.7 Å². The SMILES string of the molecule is COc1ccc(-n2ccnc2SCC(=O)NN2C(=O)NC(C)(c3ccccc3)C2=O)cc1. The molecule has 0 radical (unpaired) electrons. The Labute approximate surface area is 188 Å². The molecule has 164 valence electrons. The molecule has 2 N–H and O–H groups in total. The maximum atomic E-state index is 12.9. The summed E-state index contributed by atoms with van der Waals surface area (Å²) >= 11 is 1.19. The Hall–Kier alpha value is -3.79. The summed E-state index contributed by atoms with van der Waals surface area (Å²) in [7, 11) is 1.60. The predicted octanol–water partition coefficient (Wildman–Crippen LogP) is 2.47. The van der Waals surface area contributed by atoms with E-state index in [9.17, 15) is 14.4 Å². The molecule has 4 amide bonds. The molecule has 2 aromatic carbocycles. The molecule has 9 nitrogen and oxygen atoms in total.